The van der Waals surface area contributed by atoms with Crippen LogP contribution in [0.4, 0.5) is 0 Å². The van der Waals surface area contributed by atoms with Crippen LogP contribution in [0.5, 0.6) is 0 Å². The molecule has 0 fully saturated rings. The van der Waals surface area contributed by atoms with Crippen molar-refractivity contribution in [3.05, 3.63) is 64.8 Å². The molecule has 22 heavy (non-hydrogen) atoms. The Balaban J connectivity index is 0.00000125. The maximum Gasteiger partial charge on any atom is 0.0567 e. The number of aromatic nitrogens is 1. The van der Waals surface area contributed by atoms with E-state index in [0.29, 0.717) is 0 Å². The smallest absolute Gasteiger partial charge is 0.0567 e. The number of rotatable bonds is 0. The van der Waals surface area contributed by atoms with Gasteiger partial charge in [-0.2, -0.15) is 0 Å². The molecule has 1 N–H and O–H groups in total. The number of nitrogens with one attached hydrogen (secondary N) is 1. The van der Waals surface area contributed by atoms with Crippen molar-refractivity contribution in [3.8, 4) is 5.69 Å². The SMILES string of the molecule is Cl.c1ccc2c(c1)CCc1cccc3c4c(n-2c13)CCNC4. The van der Waals surface area contributed by atoms with Crippen molar-refractivity contribution in [1.29, 1.82) is 0 Å². The van der Waals surface area contributed by atoms with Crippen molar-refractivity contribution in [2.75, 3.05) is 6.54 Å². The summed E-state index contributed by atoms with van der Waals surface area (Å²) in [6, 6.07) is 15.8. The summed E-state index contributed by atoms with van der Waals surface area (Å²) >= 11 is 0. The highest BCUT2D eigenvalue weighted by Crippen LogP contribution is 2.37. The Morgan fingerprint density at radius 2 is 1.68 bits per heavy atom. The molecule has 2 aliphatic rings. The zero-order valence-corrected chi connectivity index (χ0v) is 13.2. The van der Waals surface area contributed by atoms with E-state index in [4.69, 9.17) is 0 Å². The minimum absolute atomic E-state index is 0. The molecule has 3 heterocycles. The largest absolute Gasteiger partial charge is 0.313 e. The molecule has 0 saturated carbocycles. The molecule has 0 unspecified atom stereocenters. The highest BCUT2D eigenvalue weighted by Gasteiger charge is 2.24. The molecule has 2 aliphatic heterocycles. The van der Waals surface area contributed by atoms with Crippen LogP contribution in [0.2, 0.25) is 0 Å². The number of hydrogen-bond donors (Lipinski definition) is 1. The van der Waals surface area contributed by atoms with Gasteiger partial charge >= 0.3 is 0 Å². The molecule has 0 amide bonds. The van der Waals surface area contributed by atoms with Gasteiger partial charge in [-0.15, -0.1) is 12.4 Å². The molecule has 1 aromatic heterocycles. The van der Waals surface area contributed by atoms with Crippen LogP contribution in [0.3, 0.4) is 0 Å². The molecule has 0 aliphatic carbocycles. The van der Waals surface area contributed by atoms with Crippen LogP contribution < -0.4 is 5.32 Å². The van der Waals surface area contributed by atoms with E-state index in [0.717, 1.165) is 32.4 Å². The summed E-state index contributed by atoms with van der Waals surface area (Å²) in [5, 5.41) is 4.99. The quantitative estimate of drug-likeness (QED) is 0.668. The van der Waals surface area contributed by atoms with E-state index in [1.54, 1.807) is 0 Å². The van der Waals surface area contributed by atoms with Crippen LogP contribution in [0, 0.1) is 0 Å². The minimum atomic E-state index is 0. The highest BCUT2D eigenvalue weighted by molar-refractivity contribution is 5.91. The van der Waals surface area contributed by atoms with Crippen molar-refractivity contribution in [3.63, 3.8) is 0 Å². The van der Waals surface area contributed by atoms with Crippen LogP contribution in [0.25, 0.3) is 16.6 Å². The average Bonchev–Trinajstić information content (AvgIpc) is 2.78. The van der Waals surface area contributed by atoms with Gasteiger partial charge in [-0.1, -0.05) is 36.4 Å². The molecule has 112 valence electrons. The third-order valence-electron chi connectivity index (χ3n) is 5.02. The standard InChI is InChI=1S/C19H18N2.ClH/c1-2-7-17-13(4-1)8-9-14-5-3-6-15-16-12-20-11-10-18(16)21(17)19(14)15;/h1-7,20H,8-12H2;1H. The normalized spacial score (nSPS) is 15.6. The predicted octanol–water partition coefficient (Wildman–Crippen LogP) is 3.80. The van der Waals surface area contributed by atoms with Gasteiger partial charge in [0.2, 0.25) is 0 Å². The fourth-order valence-electron chi connectivity index (χ4n) is 4.08. The van der Waals surface area contributed by atoms with Crippen molar-refractivity contribution in [2.24, 2.45) is 0 Å². The monoisotopic (exact) mass is 310 g/mol. The first-order valence-electron chi connectivity index (χ1n) is 7.86. The Kier molecular flexibility index (Phi) is 3.24. The van der Waals surface area contributed by atoms with E-state index in [-0.39, 0.29) is 12.4 Å². The molecular formula is C19H19ClN2. The Labute approximate surface area is 136 Å². The summed E-state index contributed by atoms with van der Waals surface area (Å²) in [5.74, 6) is 0. The van der Waals surface area contributed by atoms with Crippen LogP contribution in [0.15, 0.2) is 42.5 Å². The van der Waals surface area contributed by atoms with Gasteiger partial charge in [0, 0.05) is 36.3 Å². The lowest BCUT2D eigenvalue weighted by Gasteiger charge is -2.18. The molecule has 5 rings (SSSR count). The number of hydrogen-bond acceptors (Lipinski definition) is 1. The topological polar surface area (TPSA) is 17.0 Å². The van der Waals surface area contributed by atoms with Crippen LogP contribution in [-0.4, -0.2) is 11.1 Å². The average molecular weight is 311 g/mol. The number of fused-ring (bicyclic) bond motifs is 5. The predicted molar refractivity (Wildman–Crippen MR) is 93.3 cm³/mol. The molecular weight excluding hydrogens is 292 g/mol. The number of para-hydroxylation sites is 2. The summed E-state index contributed by atoms with van der Waals surface area (Å²) < 4.78 is 2.56. The summed E-state index contributed by atoms with van der Waals surface area (Å²) in [7, 11) is 0. The Morgan fingerprint density at radius 1 is 0.864 bits per heavy atom. The maximum atomic E-state index is 3.54. The Hall–Kier alpha value is -1.77. The van der Waals surface area contributed by atoms with Gasteiger partial charge in [0.1, 0.15) is 0 Å². The second kappa shape index (κ2) is 5.15. The van der Waals surface area contributed by atoms with E-state index in [1.807, 2.05) is 0 Å². The molecule has 2 aromatic carbocycles. The third kappa shape index (κ3) is 1.77. The van der Waals surface area contributed by atoms with E-state index in [2.05, 4.69) is 52.3 Å². The van der Waals surface area contributed by atoms with E-state index in [1.165, 1.54) is 39.0 Å². The fourth-order valence-corrected chi connectivity index (χ4v) is 4.08. The van der Waals surface area contributed by atoms with E-state index >= 15 is 0 Å². The van der Waals surface area contributed by atoms with Gasteiger partial charge in [-0.05, 0) is 35.6 Å². The van der Waals surface area contributed by atoms with Gasteiger partial charge in [0.15, 0.2) is 0 Å². The number of halogens is 1. The molecule has 0 radical (unpaired) electrons. The first-order chi connectivity index (χ1) is 10.4. The summed E-state index contributed by atoms with van der Waals surface area (Å²) in [5.41, 5.74) is 8.86. The third-order valence-corrected chi connectivity index (χ3v) is 5.02. The van der Waals surface area contributed by atoms with Crippen molar-refractivity contribution >= 4 is 23.3 Å². The van der Waals surface area contributed by atoms with Crippen molar-refractivity contribution in [2.45, 2.75) is 25.8 Å². The maximum absolute atomic E-state index is 3.54. The van der Waals surface area contributed by atoms with Crippen LogP contribution >= 0.6 is 12.4 Å². The zero-order chi connectivity index (χ0) is 13.8. The van der Waals surface area contributed by atoms with Crippen LogP contribution in [-0.2, 0) is 25.8 Å². The summed E-state index contributed by atoms with van der Waals surface area (Å²) in [6.45, 7) is 2.09. The molecule has 0 bridgehead atoms. The fraction of sp³-hybridized carbons (Fsp3) is 0.263. The second-order valence-corrected chi connectivity index (χ2v) is 6.13. The molecule has 0 saturated heterocycles. The highest BCUT2D eigenvalue weighted by atomic mass is 35.5. The first kappa shape index (κ1) is 13.9. The Bertz CT molecular complexity index is 863. The minimum Gasteiger partial charge on any atom is -0.313 e. The number of benzene rings is 2. The van der Waals surface area contributed by atoms with Gasteiger partial charge in [-0.25, -0.2) is 0 Å². The van der Waals surface area contributed by atoms with Gasteiger partial charge in [-0.3, -0.25) is 0 Å². The lowest BCUT2D eigenvalue weighted by Crippen LogP contribution is -2.24. The molecule has 3 heteroatoms. The molecule has 0 spiro atoms. The molecule has 3 aromatic rings. The summed E-state index contributed by atoms with van der Waals surface area (Å²) in [4.78, 5) is 0. The molecule has 2 nitrogen and oxygen atoms in total. The lowest BCUT2D eigenvalue weighted by molar-refractivity contribution is 0.631. The van der Waals surface area contributed by atoms with Crippen molar-refractivity contribution in [1.82, 2.24) is 9.88 Å². The van der Waals surface area contributed by atoms with Gasteiger partial charge < -0.3 is 9.88 Å². The van der Waals surface area contributed by atoms with E-state index < -0.39 is 0 Å². The lowest BCUT2D eigenvalue weighted by atomic mass is 10.0. The molecule has 0 atom stereocenters. The van der Waals surface area contributed by atoms with E-state index in [9.17, 15) is 0 Å². The summed E-state index contributed by atoms with van der Waals surface area (Å²) in [6.07, 6.45) is 3.41. The van der Waals surface area contributed by atoms with Gasteiger partial charge in [0.05, 0.1) is 5.52 Å². The second-order valence-electron chi connectivity index (χ2n) is 6.13. The van der Waals surface area contributed by atoms with Gasteiger partial charge in [0.25, 0.3) is 0 Å². The van der Waals surface area contributed by atoms with Crippen LogP contribution in [0.1, 0.15) is 22.4 Å². The Morgan fingerprint density at radius 3 is 2.64 bits per heavy atom. The number of nitrogens with zero attached hydrogens (tertiary/aromatic N) is 1. The van der Waals surface area contributed by atoms with Crippen molar-refractivity contribution < 1.29 is 0 Å². The first-order valence-corrected chi connectivity index (χ1v) is 7.86. The number of aryl methyl sites for hydroxylation is 2. The zero-order valence-electron chi connectivity index (χ0n) is 12.4.